The van der Waals surface area contributed by atoms with Crippen LogP contribution in [0.4, 0.5) is 4.39 Å². The molecule has 0 bridgehead atoms. The van der Waals surface area contributed by atoms with E-state index in [4.69, 9.17) is 5.73 Å². The molecular formula is C14H19FN2O. The molecule has 1 aromatic carbocycles. The highest BCUT2D eigenvalue weighted by molar-refractivity contribution is 5.78. The van der Waals surface area contributed by atoms with E-state index in [1.165, 1.54) is 6.07 Å². The van der Waals surface area contributed by atoms with Crippen molar-refractivity contribution in [3.8, 4) is 0 Å². The van der Waals surface area contributed by atoms with Crippen molar-refractivity contribution in [3.63, 3.8) is 0 Å². The highest BCUT2D eigenvalue weighted by atomic mass is 19.1. The van der Waals surface area contributed by atoms with Gasteiger partial charge in [-0.05, 0) is 50.0 Å². The average Bonchev–Trinajstić information content (AvgIpc) is 2.73. The van der Waals surface area contributed by atoms with E-state index < -0.39 is 0 Å². The Balaban J connectivity index is 2.38. The van der Waals surface area contributed by atoms with Crippen LogP contribution >= 0.6 is 0 Å². The van der Waals surface area contributed by atoms with Crippen molar-refractivity contribution in [1.29, 1.82) is 0 Å². The highest BCUT2D eigenvalue weighted by Gasteiger charge is 2.31. The van der Waals surface area contributed by atoms with Crippen molar-refractivity contribution >= 4 is 6.29 Å². The zero-order valence-corrected chi connectivity index (χ0v) is 10.8. The van der Waals surface area contributed by atoms with Crippen LogP contribution in [0.3, 0.4) is 0 Å². The normalized spacial score (nSPS) is 24.4. The molecule has 98 valence electrons. The minimum atomic E-state index is -0.322. The van der Waals surface area contributed by atoms with Gasteiger partial charge in [0.05, 0.1) is 0 Å². The van der Waals surface area contributed by atoms with Gasteiger partial charge in [0, 0.05) is 18.2 Å². The van der Waals surface area contributed by atoms with Crippen LogP contribution < -0.4 is 5.73 Å². The lowest BCUT2D eigenvalue weighted by atomic mass is 9.94. The summed E-state index contributed by atoms with van der Waals surface area (Å²) in [5.74, 6) is 0.127. The molecule has 0 radical (unpaired) electrons. The third-order valence-corrected chi connectivity index (χ3v) is 3.82. The van der Waals surface area contributed by atoms with Crippen molar-refractivity contribution in [3.05, 3.63) is 34.6 Å². The van der Waals surface area contributed by atoms with E-state index in [-0.39, 0.29) is 11.9 Å². The maximum absolute atomic E-state index is 13.5. The maximum Gasteiger partial charge on any atom is 0.150 e. The highest BCUT2D eigenvalue weighted by Crippen LogP contribution is 2.35. The van der Waals surface area contributed by atoms with E-state index in [0.717, 1.165) is 24.8 Å². The fourth-order valence-corrected chi connectivity index (χ4v) is 2.75. The van der Waals surface area contributed by atoms with Gasteiger partial charge in [-0.15, -0.1) is 0 Å². The lowest BCUT2D eigenvalue weighted by molar-refractivity contribution is 0.112. The van der Waals surface area contributed by atoms with Crippen LogP contribution in [0.5, 0.6) is 0 Å². The summed E-state index contributed by atoms with van der Waals surface area (Å²) in [7, 11) is 2.02. The van der Waals surface area contributed by atoms with Crippen molar-refractivity contribution in [2.24, 2.45) is 11.7 Å². The first-order chi connectivity index (χ1) is 8.56. The number of likely N-dealkylation sites (tertiary alicyclic amines) is 1. The number of carbonyl (C=O) groups is 1. The predicted molar refractivity (Wildman–Crippen MR) is 69.1 cm³/mol. The third kappa shape index (κ3) is 2.31. The first kappa shape index (κ1) is 13.2. The first-order valence-corrected chi connectivity index (χ1v) is 6.22. The molecule has 1 heterocycles. The van der Waals surface area contributed by atoms with Crippen LogP contribution in [0, 0.1) is 18.7 Å². The molecule has 2 rings (SSSR count). The molecule has 18 heavy (non-hydrogen) atoms. The standard InChI is InChI=1S/C14H19FN2O/c1-9-3-12(11(8-18)5-13(9)15)14-4-10(6-16)7-17(14)2/h3,5,8,10,14H,4,6-7,16H2,1-2H3. The molecule has 1 fully saturated rings. The van der Waals surface area contributed by atoms with Gasteiger partial charge < -0.3 is 5.73 Å². The van der Waals surface area contributed by atoms with E-state index in [1.807, 2.05) is 7.05 Å². The number of nitrogens with zero attached hydrogens (tertiary/aromatic N) is 1. The van der Waals surface area contributed by atoms with E-state index in [1.54, 1.807) is 13.0 Å². The fraction of sp³-hybridized carbons (Fsp3) is 0.500. The molecule has 0 aromatic heterocycles. The van der Waals surface area contributed by atoms with Crippen LogP contribution in [0.25, 0.3) is 0 Å². The van der Waals surface area contributed by atoms with Gasteiger partial charge in [-0.3, -0.25) is 9.69 Å². The zero-order chi connectivity index (χ0) is 13.3. The van der Waals surface area contributed by atoms with Gasteiger partial charge in [0.2, 0.25) is 0 Å². The lowest BCUT2D eigenvalue weighted by Crippen LogP contribution is -2.21. The summed E-state index contributed by atoms with van der Waals surface area (Å²) in [5.41, 5.74) is 7.66. The topological polar surface area (TPSA) is 46.3 Å². The molecule has 0 spiro atoms. The summed E-state index contributed by atoms with van der Waals surface area (Å²) in [6, 6.07) is 3.29. The quantitative estimate of drug-likeness (QED) is 0.833. The predicted octanol–water partition coefficient (Wildman–Crippen LogP) is 1.90. The number of hydrogen-bond donors (Lipinski definition) is 1. The Morgan fingerprint density at radius 2 is 2.28 bits per heavy atom. The molecule has 3 nitrogen and oxygen atoms in total. The minimum absolute atomic E-state index is 0.165. The smallest absolute Gasteiger partial charge is 0.150 e. The lowest BCUT2D eigenvalue weighted by Gasteiger charge is -2.21. The number of carbonyl (C=O) groups excluding carboxylic acids is 1. The number of halogens is 1. The van der Waals surface area contributed by atoms with Gasteiger partial charge in [-0.2, -0.15) is 0 Å². The summed E-state index contributed by atoms with van der Waals surface area (Å²) in [5, 5.41) is 0. The molecule has 2 unspecified atom stereocenters. The van der Waals surface area contributed by atoms with Crippen molar-refractivity contribution in [2.45, 2.75) is 19.4 Å². The van der Waals surface area contributed by atoms with Crippen LogP contribution in [0.1, 0.15) is 33.9 Å². The summed E-state index contributed by atoms with van der Waals surface area (Å²) >= 11 is 0. The van der Waals surface area contributed by atoms with Crippen LogP contribution in [0.2, 0.25) is 0 Å². The number of aryl methyl sites for hydroxylation is 1. The van der Waals surface area contributed by atoms with Gasteiger partial charge in [-0.1, -0.05) is 6.07 Å². The third-order valence-electron chi connectivity index (χ3n) is 3.82. The molecule has 0 amide bonds. The Bertz CT molecular complexity index is 461. The monoisotopic (exact) mass is 250 g/mol. The van der Waals surface area contributed by atoms with Crippen LogP contribution in [-0.2, 0) is 0 Å². The molecule has 0 saturated carbocycles. The molecule has 1 saturated heterocycles. The van der Waals surface area contributed by atoms with Gasteiger partial charge in [-0.25, -0.2) is 4.39 Å². The molecule has 1 aliphatic rings. The summed E-state index contributed by atoms with van der Waals surface area (Å²) < 4.78 is 13.5. The number of nitrogens with two attached hydrogens (primary N) is 1. The molecule has 0 aliphatic carbocycles. The Morgan fingerprint density at radius 1 is 1.56 bits per heavy atom. The molecule has 1 aliphatic heterocycles. The summed E-state index contributed by atoms with van der Waals surface area (Å²) in [6.45, 7) is 3.30. The van der Waals surface area contributed by atoms with Crippen molar-refractivity contribution in [2.75, 3.05) is 20.1 Å². The van der Waals surface area contributed by atoms with Crippen molar-refractivity contribution in [1.82, 2.24) is 4.90 Å². The maximum atomic E-state index is 13.5. The summed E-state index contributed by atoms with van der Waals surface area (Å²) in [4.78, 5) is 13.3. The Kier molecular flexibility index (Phi) is 3.78. The largest absolute Gasteiger partial charge is 0.330 e. The average molecular weight is 250 g/mol. The second kappa shape index (κ2) is 5.16. The minimum Gasteiger partial charge on any atom is -0.330 e. The number of aldehydes is 1. The number of hydrogen-bond acceptors (Lipinski definition) is 3. The fourth-order valence-electron chi connectivity index (χ4n) is 2.75. The Labute approximate surface area is 107 Å². The molecule has 2 atom stereocenters. The van der Waals surface area contributed by atoms with Crippen LogP contribution in [0.15, 0.2) is 12.1 Å². The van der Waals surface area contributed by atoms with E-state index >= 15 is 0 Å². The molecular weight excluding hydrogens is 231 g/mol. The zero-order valence-electron chi connectivity index (χ0n) is 10.8. The molecule has 2 N–H and O–H groups in total. The first-order valence-electron chi connectivity index (χ1n) is 6.22. The summed E-state index contributed by atoms with van der Waals surface area (Å²) in [6.07, 6.45) is 1.67. The van der Waals surface area contributed by atoms with Crippen molar-refractivity contribution < 1.29 is 9.18 Å². The van der Waals surface area contributed by atoms with Gasteiger partial charge in [0.15, 0.2) is 0 Å². The van der Waals surface area contributed by atoms with Gasteiger partial charge in [0.25, 0.3) is 0 Å². The van der Waals surface area contributed by atoms with Gasteiger partial charge in [0.1, 0.15) is 12.1 Å². The second-order valence-corrected chi connectivity index (χ2v) is 5.14. The van der Waals surface area contributed by atoms with E-state index in [0.29, 0.717) is 23.6 Å². The van der Waals surface area contributed by atoms with Gasteiger partial charge >= 0.3 is 0 Å². The molecule has 4 heteroatoms. The Hall–Kier alpha value is -1.26. The second-order valence-electron chi connectivity index (χ2n) is 5.14. The van der Waals surface area contributed by atoms with E-state index in [9.17, 15) is 9.18 Å². The number of rotatable bonds is 3. The molecule has 1 aromatic rings. The Morgan fingerprint density at radius 3 is 2.83 bits per heavy atom. The SMILES string of the molecule is Cc1cc(C2CC(CN)CN2C)c(C=O)cc1F. The van der Waals surface area contributed by atoms with E-state index in [2.05, 4.69) is 4.90 Å². The van der Waals surface area contributed by atoms with Crippen LogP contribution in [-0.4, -0.2) is 31.3 Å². The number of benzene rings is 1.